The third kappa shape index (κ3) is 3.82. The van der Waals surface area contributed by atoms with Gasteiger partial charge in [0, 0.05) is 18.1 Å². The van der Waals surface area contributed by atoms with Gasteiger partial charge in [-0.05, 0) is 73.0 Å². The molecule has 1 aliphatic heterocycles. The molecule has 4 heterocycles. The summed E-state index contributed by atoms with van der Waals surface area (Å²) in [7, 11) is 0. The maximum Gasteiger partial charge on any atom is 0.0897 e. The maximum absolute atomic E-state index is 4.84. The summed E-state index contributed by atoms with van der Waals surface area (Å²) < 4.78 is 0. The SMILES string of the molecule is CC1=Nc2ccc(Cc3cc(-c4ccccn4)nc(-c4ccccn4)c3)cc2NC1. The first-order chi connectivity index (χ1) is 14.7. The van der Waals surface area contributed by atoms with Crippen LogP contribution in [-0.2, 0) is 6.42 Å². The Bertz CT molecular complexity index is 1160. The van der Waals surface area contributed by atoms with Crippen LogP contribution < -0.4 is 5.32 Å². The molecule has 3 aromatic heterocycles. The van der Waals surface area contributed by atoms with Gasteiger partial charge in [-0.2, -0.15) is 0 Å². The van der Waals surface area contributed by atoms with E-state index < -0.39 is 0 Å². The van der Waals surface area contributed by atoms with Gasteiger partial charge in [0.05, 0.1) is 40.7 Å². The lowest BCUT2D eigenvalue weighted by molar-refractivity contribution is 1.14. The smallest absolute Gasteiger partial charge is 0.0897 e. The minimum absolute atomic E-state index is 0.791. The number of hydrogen-bond acceptors (Lipinski definition) is 5. The van der Waals surface area contributed by atoms with Crippen LogP contribution in [0.2, 0.25) is 0 Å². The highest BCUT2D eigenvalue weighted by Crippen LogP contribution is 2.30. The molecule has 0 fully saturated rings. The molecule has 30 heavy (non-hydrogen) atoms. The van der Waals surface area contributed by atoms with Crippen LogP contribution in [0.1, 0.15) is 18.1 Å². The van der Waals surface area contributed by atoms with E-state index in [0.717, 1.165) is 52.8 Å². The van der Waals surface area contributed by atoms with Crippen molar-refractivity contribution in [3.05, 3.63) is 90.3 Å². The van der Waals surface area contributed by atoms with Gasteiger partial charge in [-0.15, -0.1) is 0 Å². The van der Waals surface area contributed by atoms with Crippen LogP contribution in [0.5, 0.6) is 0 Å². The number of hydrogen-bond donors (Lipinski definition) is 1. The average Bonchev–Trinajstić information content (AvgIpc) is 2.80. The van der Waals surface area contributed by atoms with Crippen molar-refractivity contribution in [3.63, 3.8) is 0 Å². The summed E-state index contributed by atoms with van der Waals surface area (Å²) in [5.41, 5.74) is 8.99. The third-order valence-electron chi connectivity index (χ3n) is 5.05. The minimum Gasteiger partial charge on any atom is -0.378 e. The summed E-state index contributed by atoms with van der Waals surface area (Å²) >= 11 is 0. The molecule has 0 amide bonds. The van der Waals surface area contributed by atoms with Gasteiger partial charge in [0.25, 0.3) is 0 Å². The number of aliphatic imine (C=N–C) groups is 1. The molecule has 4 aromatic rings. The molecule has 1 aromatic carbocycles. The fourth-order valence-electron chi connectivity index (χ4n) is 3.62. The van der Waals surface area contributed by atoms with Gasteiger partial charge in [-0.3, -0.25) is 15.0 Å². The quantitative estimate of drug-likeness (QED) is 0.512. The first-order valence-electron chi connectivity index (χ1n) is 9.99. The zero-order valence-electron chi connectivity index (χ0n) is 16.7. The molecule has 5 rings (SSSR count). The van der Waals surface area contributed by atoms with Gasteiger partial charge >= 0.3 is 0 Å². The zero-order valence-corrected chi connectivity index (χ0v) is 16.7. The second-order valence-electron chi connectivity index (χ2n) is 7.40. The van der Waals surface area contributed by atoms with Crippen molar-refractivity contribution in [3.8, 4) is 22.8 Å². The predicted molar refractivity (Wildman–Crippen MR) is 121 cm³/mol. The van der Waals surface area contributed by atoms with Crippen LogP contribution in [0, 0.1) is 0 Å². The second-order valence-corrected chi connectivity index (χ2v) is 7.40. The predicted octanol–water partition coefficient (Wildman–Crippen LogP) is 5.31. The topological polar surface area (TPSA) is 63.1 Å². The molecule has 146 valence electrons. The Hall–Kier alpha value is -3.86. The fourth-order valence-corrected chi connectivity index (χ4v) is 3.62. The number of pyridine rings is 3. The average molecular weight is 391 g/mol. The molecule has 0 aliphatic carbocycles. The van der Waals surface area contributed by atoms with E-state index in [-0.39, 0.29) is 0 Å². The van der Waals surface area contributed by atoms with Gasteiger partial charge in [0.1, 0.15) is 0 Å². The Morgan fingerprint density at radius 1 is 0.767 bits per heavy atom. The van der Waals surface area contributed by atoms with Gasteiger partial charge in [0.15, 0.2) is 0 Å². The number of benzene rings is 1. The number of nitrogens with zero attached hydrogens (tertiary/aromatic N) is 4. The van der Waals surface area contributed by atoms with Gasteiger partial charge in [0.2, 0.25) is 0 Å². The molecule has 0 bridgehead atoms. The number of anilines is 1. The Morgan fingerprint density at radius 3 is 2.10 bits per heavy atom. The molecule has 0 atom stereocenters. The Morgan fingerprint density at radius 2 is 1.47 bits per heavy atom. The van der Waals surface area contributed by atoms with E-state index in [1.807, 2.05) is 43.3 Å². The van der Waals surface area contributed by atoms with Crippen LogP contribution in [0.3, 0.4) is 0 Å². The van der Waals surface area contributed by atoms with E-state index in [2.05, 4.69) is 50.6 Å². The highest BCUT2D eigenvalue weighted by Gasteiger charge is 2.12. The van der Waals surface area contributed by atoms with Crippen molar-refractivity contribution < 1.29 is 0 Å². The monoisotopic (exact) mass is 391 g/mol. The molecule has 0 radical (unpaired) electrons. The van der Waals surface area contributed by atoms with E-state index in [1.165, 1.54) is 11.1 Å². The van der Waals surface area contributed by atoms with Gasteiger partial charge in [-0.1, -0.05) is 18.2 Å². The lowest BCUT2D eigenvalue weighted by Crippen LogP contribution is -2.14. The van der Waals surface area contributed by atoms with Crippen LogP contribution >= 0.6 is 0 Å². The van der Waals surface area contributed by atoms with Crippen LogP contribution in [0.15, 0.2) is 84.1 Å². The van der Waals surface area contributed by atoms with Gasteiger partial charge < -0.3 is 5.32 Å². The van der Waals surface area contributed by atoms with Crippen molar-refractivity contribution >= 4 is 17.1 Å². The van der Waals surface area contributed by atoms with E-state index in [4.69, 9.17) is 4.98 Å². The van der Waals surface area contributed by atoms with E-state index in [9.17, 15) is 0 Å². The molecule has 0 spiro atoms. The van der Waals surface area contributed by atoms with Crippen molar-refractivity contribution in [2.45, 2.75) is 13.3 Å². The van der Waals surface area contributed by atoms with E-state index in [0.29, 0.717) is 0 Å². The summed E-state index contributed by atoms with van der Waals surface area (Å²) in [5.74, 6) is 0. The van der Waals surface area contributed by atoms with Gasteiger partial charge in [-0.25, -0.2) is 4.98 Å². The lowest BCUT2D eigenvalue weighted by Gasteiger charge is -2.17. The van der Waals surface area contributed by atoms with Crippen LogP contribution in [0.25, 0.3) is 22.8 Å². The number of fused-ring (bicyclic) bond motifs is 1. The van der Waals surface area contributed by atoms with Crippen LogP contribution in [-0.4, -0.2) is 27.2 Å². The van der Waals surface area contributed by atoms with E-state index >= 15 is 0 Å². The largest absolute Gasteiger partial charge is 0.378 e. The number of aromatic nitrogens is 3. The molecule has 5 heteroatoms. The van der Waals surface area contributed by atoms with Crippen molar-refractivity contribution in [1.29, 1.82) is 0 Å². The van der Waals surface area contributed by atoms with Crippen molar-refractivity contribution in [1.82, 2.24) is 15.0 Å². The third-order valence-corrected chi connectivity index (χ3v) is 5.05. The Labute approximate surface area is 175 Å². The molecule has 5 nitrogen and oxygen atoms in total. The summed E-state index contributed by atoms with van der Waals surface area (Å²) in [6, 6.07) is 22.4. The number of nitrogens with one attached hydrogen (secondary N) is 1. The highest BCUT2D eigenvalue weighted by molar-refractivity contribution is 5.93. The first kappa shape index (κ1) is 18.2. The summed E-state index contributed by atoms with van der Waals surface area (Å²) in [4.78, 5) is 18.4. The maximum atomic E-state index is 4.84. The summed E-state index contributed by atoms with van der Waals surface area (Å²) in [5, 5.41) is 3.45. The Kier molecular flexibility index (Phi) is 4.77. The normalized spacial score (nSPS) is 12.6. The molecule has 1 N–H and O–H groups in total. The molecule has 0 unspecified atom stereocenters. The second kappa shape index (κ2) is 7.87. The summed E-state index contributed by atoms with van der Waals surface area (Å²) in [6.07, 6.45) is 4.38. The Balaban J connectivity index is 1.55. The van der Waals surface area contributed by atoms with Crippen molar-refractivity contribution in [2.24, 2.45) is 4.99 Å². The lowest BCUT2D eigenvalue weighted by atomic mass is 10.0. The molecule has 0 saturated heterocycles. The van der Waals surface area contributed by atoms with Crippen molar-refractivity contribution in [2.75, 3.05) is 11.9 Å². The van der Waals surface area contributed by atoms with Crippen LogP contribution in [0.4, 0.5) is 11.4 Å². The van der Waals surface area contributed by atoms with E-state index in [1.54, 1.807) is 12.4 Å². The molecular formula is C25H21N5. The zero-order chi connectivity index (χ0) is 20.3. The fraction of sp³-hybridized carbons (Fsp3) is 0.120. The molecule has 1 aliphatic rings. The minimum atomic E-state index is 0.791. The summed E-state index contributed by atoms with van der Waals surface area (Å²) in [6.45, 7) is 2.83. The first-order valence-corrected chi connectivity index (χ1v) is 9.99. The molecular weight excluding hydrogens is 370 g/mol. The standard InChI is InChI=1S/C25H21N5/c1-17-16-28-23-13-18(8-9-22(23)29-17)12-19-14-24(20-6-2-4-10-26-20)30-25(15-19)21-7-3-5-11-27-21/h2-11,13-15,28H,12,16H2,1H3. The number of rotatable bonds is 4. The highest BCUT2D eigenvalue weighted by atomic mass is 15.0. The molecule has 0 saturated carbocycles.